The molecule has 0 aliphatic carbocycles. The number of nitrogens with one attached hydrogen (secondary N) is 1. The van der Waals surface area contributed by atoms with E-state index in [0.29, 0.717) is 45.4 Å². The summed E-state index contributed by atoms with van der Waals surface area (Å²) < 4.78 is 22.4. The van der Waals surface area contributed by atoms with E-state index in [1.165, 1.54) is 0 Å². The van der Waals surface area contributed by atoms with Crippen LogP contribution in [-0.2, 0) is 18.9 Å². The zero-order valence-electron chi connectivity index (χ0n) is 21.7. The summed E-state index contributed by atoms with van der Waals surface area (Å²) >= 11 is 0. The van der Waals surface area contributed by atoms with Crippen LogP contribution in [0.15, 0.2) is 0 Å². The minimum absolute atomic E-state index is 0.0619. The van der Waals surface area contributed by atoms with Crippen molar-refractivity contribution in [3.63, 3.8) is 0 Å². The van der Waals surface area contributed by atoms with Gasteiger partial charge in [0.2, 0.25) is 0 Å². The molecular formula is C24H47NO12. The molecule has 0 saturated carbocycles. The molecular weight excluding hydrogens is 494 g/mol. The van der Waals surface area contributed by atoms with Gasteiger partial charge in [-0.3, -0.25) is 0 Å². The Morgan fingerprint density at radius 2 is 1.41 bits per heavy atom. The van der Waals surface area contributed by atoms with Gasteiger partial charge in [0.15, 0.2) is 6.29 Å². The number of rotatable bonds is 16. The Kier molecular flexibility index (Phi) is 14.6. The van der Waals surface area contributed by atoms with Crippen molar-refractivity contribution in [3.8, 4) is 0 Å². The molecule has 11 unspecified atom stereocenters. The van der Waals surface area contributed by atoms with Crippen LogP contribution in [0.2, 0.25) is 0 Å². The molecule has 0 amide bonds. The molecule has 0 aromatic carbocycles. The smallest absolute Gasteiger partial charge is 0.186 e. The van der Waals surface area contributed by atoms with Gasteiger partial charge in [0.05, 0.1) is 25.4 Å². The zero-order valence-corrected chi connectivity index (χ0v) is 21.7. The van der Waals surface area contributed by atoms with Crippen LogP contribution in [0.5, 0.6) is 0 Å². The normalized spacial score (nSPS) is 37.7. The summed E-state index contributed by atoms with van der Waals surface area (Å²) in [5, 5.41) is 83.1. The molecule has 2 heterocycles. The second kappa shape index (κ2) is 16.6. The van der Waals surface area contributed by atoms with Crippen LogP contribution in [-0.4, -0.2) is 148 Å². The first-order valence-electron chi connectivity index (χ1n) is 13.2. The largest absolute Gasteiger partial charge is 0.396 e. The van der Waals surface area contributed by atoms with E-state index in [2.05, 4.69) is 5.32 Å². The van der Waals surface area contributed by atoms with E-state index < -0.39 is 67.3 Å². The summed E-state index contributed by atoms with van der Waals surface area (Å²) in [5.41, 5.74) is 0. The first-order chi connectivity index (χ1) is 17.6. The van der Waals surface area contributed by atoms with Crippen LogP contribution in [0.3, 0.4) is 0 Å². The van der Waals surface area contributed by atoms with E-state index >= 15 is 0 Å². The maximum atomic E-state index is 10.3. The molecule has 37 heavy (non-hydrogen) atoms. The van der Waals surface area contributed by atoms with E-state index in [1.54, 1.807) is 13.8 Å². The average Bonchev–Trinajstić information content (AvgIpc) is 2.87. The molecule has 0 bridgehead atoms. The minimum Gasteiger partial charge on any atom is -0.396 e. The van der Waals surface area contributed by atoms with Gasteiger partial charge in [-0.15, -0.1) is 0 Å². The summed E-state index contributed by atoms with van der Waals surface area (Å²) in [6, 6.07) is 0. The standard InChI is InChI=1S/C24H47NO12/c1-13(2)23-21(32)19(30)18(29)16(36-23)12-35-24-22(33)20(31)17(28)15(37-24)11-34-10-4-7-25-8-6-14(27)5-3-9-26/h13-33H,3-12H2,1-2H3. The molecule has 2 aliphatic heterocycles. The summed E-state index contributed by atoms with van der Waals surface area (Å²) in [5.74, 6) is -0.145. The second-order valence-corrected chi connectivity index (χ2v) is 10.2. The molecule has 2 rings (SSSR count). The van der Waals surface area contributed by atoms with Crippen molar-refractivity contribution >= 4 is 0 Å². The zero-order chi connectivity index (χ0) is 27.5. The Morgan fingerprint density at radius 1 is 0.757 bits per heavy atom. The summed E-state index contributed by atoms with van der Waals surface area (Å²) in [6.07, 6.45) is -10.8. The van der Waals surface area contributed by atoms with Gasteiger partial charge in [-0.2, -0.15) is 0 Å². The van der Waals surface area contributed by atoms with Gasteiger partial charge < -0.3 is 65.1 Å². The van der Waals surface area contributed by atoms with Crippen LogP contribution in [0.25, 0.3) is 0 Å². The van der Waals surface area contributed by atoms with E-state index in [1.807, 2.05) is 0 Å². The molecule has 0 aromatic rings. The molecule has 13 heteroatoms. The van der Waals surface area contributed by atoms with Crippen molar-refractivity contribution < 1.29 is 59.8 Å². The highest BCUT2D eigenvalue weighted by Gasteiger charge is 2.47. The van der Waals surface area contributed by atoms with E-state index in [-0.39, 0.29) is 25.7 Å². The highest BCUT2D eigenvalue weighted by atomic mass is 16.7. The SMILES string of the molecule is CC(C)C1OC(COC2OC(COCCCNCCC(O)CCCO)C(O)C(O)C2O)C(O)C(O)C1O. The maximum absolute atomic E-state index is 10.3. The highest BCUT2D eigenvalue weighted by molar-refractivity contribution is 4.94. The summed E-state index contributed by atoms with van der Waals surface area (Å²) in [6.45, 7) is 4.93. The third-order valence-corrected chi connectivity index (χ3v) is 6.77. The third-order valence-electron chi connectivity index (χ3n) is 6.77. The van der Waals surface area contributed by atoms with Crippen LogP contribution in [0.1, 0.15) is 39.5 Å². The molecule has 0 radical (unpaired) electrons. The molecule has 2 fully saturated rings. The molecule has 11 atom stereocenters. The van der Waals surface area contributed by atoms with Gasteiger partial charge in [-0.1, -0.05) is 13.8 Å². The number of hydrogen-bond acceptors (Lipinski definition) is 13. The van der Waals surface area contributed by atoms with Crippen LogP contribution in [0.4, 0.5) is 0 Å². The van der Waals surface area contributed by atoms with Crippen molar-refractivity contribution in [3.05, 3.63) is 0 Å². The summed E-state index contributed by atoms with van der Waals surface area (Å²) in [4.78, 5) is 0. The van der Waals surface area contributed by atoms with Crippen molar-refractivity contribution in [2.75, 3.05) is 39.5 Å². The number of aliphatic hydroxyl groups is 8. The Hall–Kier alpha value is -0.520. The molecule has 220 valence electrons. The fourth-order valence-corrected chi connectivity index (χ4v) is 4.41. The number of aliphatic hydroxyl groups excluding tert-OH is 8. The minimum atomic E-state index is -1.57. The lowest BCUT2D eigenvalue weighted by molar-refractivity contribution is -0.316. The monoisotopic (exact) mass is 541 g/mol. The second-order valence-electron chi connectivity index (χ2n) is 10.2. The molecule has 2 aliphatic rings. The van der Waals surface area contributed by atoms with Crippen LogP contribution >= 0.6 is 0 Å². The molecule has 9 N–H and O–H groups in total. The fourth-order valence-electron chi connectivity index (χ4n) is 4.41. The molecule has 13 nitrogen and oxygen atoms in total. The lowest BCUT2D eigenvalue weighted by atomic mass is 9.89. The Balaban J connectivity index is 1.73. The fraction of sp³-hybridized carbons (Fsp3) is 1.00. The van der Waals surface area contributed by atoms with Crippen molar-refractivity contribution in [1.29, 1.82) is 0 Å². The lowest BCUT2D eigenvalue weighted by Crippen LogP contribution is -2.62. The first-order valence-corrected chi connectivity index (χ1v) is 13.2. The predicted octanol–water partition coefficient (Wildman–Crippen LogP) is -3.16. The van der Waals surface area contributed by atoms with Gasteiger partial charge in [-0.05, 0) is 44.7 Å². The van der Waals surface area contributed by atoms with Crippen LogP contribution in [0, 0.1) is 5.92 Å². The molecule has 2 saturated heterocycles. The highest BCUT2D eigenvalue weighted by Crippen LogP contribution is 2.28. The summed E-state index contributed by atoms with van der Waals surface area (Å²) in [7, 11) is 0. The Labute approximate surface area is 217 Å². The number of ether oxygens (including phenoxy) is 4. The lowest BCUT2D eigenvalue weighted by Gasteiger charge is -2.44. The van der Waals surface area contributed by atoms with Gasteiger partial charge >= 0.3 is 0 Å². The quantitative estimate of drug-likeness (QED) is 0.0884. The third kappa shape index (κ3) is 9.87. The van der Waals surface area contributed by atoms with Gasteiger partial charge in [-0.25, -0.2) is 0 Å². The van der Waals surface area contributed by atoms with Gasteiger partial charge in [0.1, 0.15) is 48.8 Å². The topological polar surface area (TPSA) is 211 Å². The van der Waals surface area contributed by atoms with Crippen molar-refractivity contribution in [1.82, 2.24) is 5.32 Å². The molecule has 0 spiro atoms. The Bertz CT molecular complexity index is 616. The maximum Gasteiger partial charge on any atom is 0.186 e. The van der Waals surface area contributed by atoms with E-state index in [0.717, 1.165) is 0 Å². The molecule has 0 aromatic heterocycles. The van der Waals surface area contributed by atoms with Gasteiger partial charge in [0, 0.05) is 13.2 Å². The number of hydrogen-bond donors (Lipinski definition) is 9. The first kappa shape index (κ1) is 32.7. The van der Waals surface area contributed by atoms with Gasteiger partial charge in [0.25, 0.3) is 0 Å². The van der Waals surface area contributed by atoms with E-state index in [4.69, 9.17) is 24.1 Å². The van der Waals surface area contributed by atoms with Crippen molar-refractivity contribution in [2.45, 2.75) is 107 Å². The average molecular weight is 542 g/mol. The van der Waals surface area contributed by atoms with Crippen LogP contribution < -0.4 is 5.32 Å². The van der Waals surface area contributed by atoms with E-state index in [9.17, 15) is 35.7 Å². The predicted molar refractivity (Wildman–Crippen MR) is 129 cm³/mol. The van der Waals surface area contributed by atoms with Crippen molar-refractivity contribution in [2.24, 2.45) is 5.92 Å². The Morgan fingerprint density at radius 3 is 2.05 bits per heavy atom.